The van der Waals surface area contributed by atoms with Gasteiger partial charge in [-0.25, -0.2) is 9.18 Å². The number of carbonyl (C=O) groups is 1. The van der Waals surface area contributed by atoms with Crippen LogP contribution in [-0.2, 0) is 0 Å². The summed E-state index contributed by atoms with van der Waals surface area (Å²) in [5.74, 6) is 0.947. The van der Waals surface area contributed by atoms with Gasteiger partial charge in [-0.1, -0.05) is 35.0 Å². The van der Waals surface area contributed by atoms with E-state index in [1.807, 2.05) is 62.4 Å². The number of hydrogen-bond acceptors (Lipinski definition) is 5. The van der Waals surface area contributed by atoms with Gasteiger partial charge in [-0.05, 0) is 67.9 Å². The van der Waals surface area contributed by atoms with Gasteiger partial charge in [0.15, 0.2) is 0 Å². The molecule has 3 aromatic carbocycles. The molecule has 1 aliphatic heterocycles. The zero-order chi connectivity index (χ0) is 24.5. The molecule has 1 N–H and O–H groups in total. The minimum absolute atomic E-state index is 0.264. The van der Waals surface area contributed by atoms with Crippen molar-refractivity contribution >= 4 is 17.3 Å². The van der Waals surface area contributed by atoms with Crippen LogP contribution in [0.15, 0.2) is 83.0 Å². The third-order valence-corrected chi connectivity index (χ3v) is 5.98. The maximum atomic E-state index is 13.4. The van der Waals surface area contributed by atoms with Crippen molar-refractivity contribution in [2.45, 2.75) is 19.9 Å². The lowest BCUT2D eigenvalue weighted by Crippen LogP contribution is -2.46. The highest BCUT2D eigenvalue weighted by Gasteiger charge is 2.36. The zero-order valence-electron chi connectivity index (χ0n) is 19.4. The number of allylic oxidation sites excluding steroid dienone is 1. The molecule has 0 bridgehead atoms. The van der Waals surface area contributed by atoms with E-state index >= 15 is 0 Å². The third kappa shape index (κ3) is 4.26. The second-order valence-corrected chi connectivity index (χ2v) is 8.26. The minimum atomic E-state index is -0.531. The van der Waals surface area contributed by atoms with Crippen LogP contribution in [0, 0.1) is 12.7 Å². The largest absolute Gasteiger partial charge is 0.497 e. The summed E-state index contributed by atoms with van der Waals surface area (Å²) in [6.07, 6.45) is 0. The first-order valence-electron chi connectivity index (χ1n) is 11.1. The Bertz CT molecular complexity index is 1390. The van der Waals surface area contributed by atoms with Crippen molar-refractivity contribution in [3.63, 3.8) is 0 Å². The van der Waals surface area contributed by atoms with Crippen LogP contribution in [0.1, 0.15) is 30.0 Å². The normalized spacial score (nSPS) is 15.8. The van der Waals surface area contributed by atoms with Crippen LogP contribution in [-0.4, -0.2) is 23.3 Å². The van der Waals surface area contributed by atoms with Gasteiger partial charge in [0.25, 0.3) is 5.89 Å². The number of nitrogens with zero attached hydrogens (tertiary/aromatic N) is 3. The fraction of sp³-hybridized carbons (Fsp3) is 0.148. The minimum Gasteiger partial charge on any atom is -0.497 e. The molecule has 0 saturated heterocycles. The summed E-state index contributed by atoms with van der Waals surface area (Å²) in [4.78, 5) is 19.5. The molecule has 35 heavy (non-hydrogen) atoms. The number of rotatable bonds is 5. The van der Waals surface area contributed by atoms with E-state index < -0.39 is 6.04 Å². The summed E-state index contributed by atoms with van der Waals surface area (Å²) in [6.45, 7) is 3.84. The quantitative estimate of drug-likeness (QED) is 0.393. The van der Waals surface area contributed by atoms with Gasteiger partial charge in [-0.2, -0.15) is 4.98 Å². The fourth-order valence-electron chi connectivity index (χ4n) is 4.12. The SMILES string of the molecule is COc1ccc(C2NC(=O)N(c3ccc(C)cc3)C(C)=C2c2nc(-c3ccc(F)cc3)no2)cc1. The number of urea groups is 1. The van der Waals surface area contributed by atoms with Gasteiger partial charge < -0.3 is 14.6 Å². The third-order valence-electron chi connectivity index (χ3n) is 5.98. The Kier molecular flexibility index (Phi) is 5.78. The highest BCUT2D eigenvalue weighted by molar-refractivity contribution is 6.01. The van der Waals surface area contributed by atoms with Crippen molar-refractivity contribution in [1.82, 2.24) is 15.5 Å². The first-order valence-corrected chi connectivity index (χ1v) is 11.1. The molecule has 5 rings (SSSR count). The average Bonchev–Trinajstić information content (AvgIpc) is 3.35. The van der Waals surface area contributed by atoms with Crippen LogP contribution in [0.3, 0.4) is 0 Å². The second-order valence-electron chi connectivity index (χ2n) is 8.26. The summed E-state index contributed by atoms with van der Waals surface area (Å²) < 4.78 is 24.3. The van der Waals surface area contributed by atoms with Crippen molar-refractivity contribution in [1.29, 1.82) is 0 Å². The number of amides is 2. The maximum Gasteiger partial charge on any atom is 0.326 e. The highest BCUT2D eigenvalue weighted by Crippen LogP contribution is 2.39. The van der Waals surface area contributed by atoms with E-state index in [1.54, 1.807) is 24.1 Å². The predicted molar refractivity (Wildman–Crippen MR) is 130 cm³/mol. The molecule has 0 spiro atoms. The molecule has 2 amide bonds. The average molecular weight is 471 g/mol. The van der Waals surface area contributed by atoms with E-state index in [-0.39, 0.29) is 17.7 Å². The van der Waals surface area contributed by atoms with Crippen molar-refractivity contribution in [2.24, 2.45) is 0 Å². The van der Waals surface area contributed by atoms with Gasteiger partial charge in [0.2, 0.25) is 5.82 Å². The molecular formula is C27H23FN4O3. The Morgan fingerprint density at radius 3 is 2.31 bits per heavy atom. The molecular weight excluding hydrogens is 447 g/mol. The van der Waals surface area contributed by atoms with Crippen LogP contribution >= 0.6 is 0 Å². The molecule has 2 heterocycles. The molecule has 1 aromatic heterocycles. The molecule has 1 aliphatic rings. The molecule has 1 unspecified atom stereocenters. The number of methoxy groups -OCH3 is 1. The van der Waals surface area contributed by atoms with Gasteiger partial charge in [0.1, 0.15) is 11.6 Å². The van der Waals surface area contributed by atoms with E-state index in [2.05, 4.69) is 15.5 Å². The Morgan fingerprint density at radius 1 is 0.971 bits per heavy atom. The van der Waals surface area contributed by atoms with Gasteiger partial charge in [0, 0.05) is 11.3 Å². The van der Waals surface area contributed by atoms with Gasteiger partial charge in [0.05, 0.1) is 24.4 Å². The van der Waals surface area contributed by atoms with Gasteiger partial charge in [-0.3, -0.25) is 4.90 Å². The van der Waals surface area contributed by atoms with Crippen LogP contribution in [0.2, 0.25) is 0 Å². The second kappa shape index (κ2) is 9.06. The summed E-state index contributed by atoms with van der Waals surface area (Å²) in [6, 6.07) is 20.2. The molecule has 0 radical (unpaired) electrons. The molecule has 176 valence electrons. The summed E-state index contributed by atoms with van der Waals surface area (Å²) in [5, 5.41) is 7.20. The number of halogens is 1. The number of nitrogens with one attached hydrogen (secondary N) is 1. The Labute approximate surface area is 201 Å². The van der Waals surface area contributed by atoms with Crippen molar-refractivity contribution in [3.8, 4) is 17.1 Å². The predicted octanol–water partition coefficient (Wildman–Crippen LogP) is 5.89. The number of carbonyl (C=O) groups excluding carboxylic acids is 1. The smallest absolute Gasteiger partial charge is 0.326 e. The lowest BCUT2D eigenvalue weighted by Gasteiger charge is -2.35. The fourth-order valence-corrected chi connectivity index (χ4v) is 4.12. The van der Waals surface area contributed by atoms with Crippen LogP contribution < -0.4 is 15.0 Å². The van der Waals surface area contributed by atoms with E-state index in [4.69, 9.17) is 9.26 Å². The van der Waals surface area contributed by atoms with E-state index in [0.717, 1.165) is 16.8 Å². The number of anilines is 1. The molecule has 1 atom stereocenters. The number of ether oxygens (including phenoxy) is 1. The van der Waals surface area contributed by atoms with E-state index in [1.165, 1.54) is 12.1 Å². The first kappa shape index (κ1) is 22.3. The molecule has 0 saturated carbocycles. The lowest BCUT2D eigenvalue weighted by molar-refractivity contribution is 0.244. The van der Waals surface area contributed by atoms with Crippen LogP contribution in [0.5, 0.6) is 5.75 Å². The Hall–Kier alpha value is -4.46. The number of benzene rings is 3. The van der Waals surface area contributed by atoms with E-state index in [0.29, 0.717) is 28.4 Å². The van der Waals surface area contributed by atoms with E-state index in [9.17, 15) is 9.18 Å². The highest BCUT2D eigenvalue weighted by atomic mass is 19.1. The number of aromatic nitrogens is 2. The topological polar surface area (TPSA) is 80.5 Å². The summed E-state index contributed by atoms with van der Waals surface area (Å²) >= 11 is 0. The molecule has 0 aliphatic carbocycles. The van der Waals surface area contributed by atoms with Crippen LogP contribution in [0.25, 0.3) is 17.0 Å². The standard InChI is InChI=1S/C27H23FN4O3/c1-16-4-12-21(13-5-16)32-17(2)23(24(29-27(32)33)18-8-14-22(34-3)15-9-18)26-30-25(31-35-26)19-6-10-20(28)11-7-19/h4-15,24H,1-3H3,(H,29,33). The first-order chi connectivity index (χ1) is 16.9. The maximum absolute atomic E-state index is 13.4. The van der Waals surface area contributed by atoms with Crippen LogP contribution in [0.4, 0.5) is 14.9 Å². The van der Waals surface area contributed by atoms with Gasteiger partial charge in [-0.15, -0.1) is 0 Å². The zero-order valence-corrected chi connectivity index (χ0v) is 19.4. The summed E-state index contributed by atoms with van der Waals surface area (Å²) in [7, 11) is 1.60. The molecule has 0 fully saturated rings. The molecule has 7 nitrogen and oxygen atoms in total. The lowest BCUT2D eigenvalue weighted by atomic mass is 9.94. The van der Waals surface area contributed by atoms with Crippen molar-refractivity contribution < 1.29 is 18.4 Å². The Balaban J connectivity index is 1.63. The summed E-state index contributed by atoms with van der Waals surface area (Å²) in [5.41, 5.74) is 4.58. The Morgan fingerprint density at radius 2 is 1.66 bits per heavy atom. The van der Waals surface area contributed by atoms with Gasteiger partial charge >= 0.3 is 6.03 Å². The molecule has 4 aromatic rings. The number of hydrogen-bond donors (Lipinski definition) is 1. The monoisotopic (exact) mass is 470 g/mol. The number of aryl methyl sites for hydroxylation is 1. The van der Waals surface area contributed by atoms with Crippen molar-refractivity contribution in [3.05, 3.63) is 101 Å². The van der Waals surface area contributed by atoms with Crippen molar-refractivity contribution in [2.75, 3.05) is 12.0 Å². The molecule has 8 heteroatoms.